The standard InChI is InChI=1S/C13H7F6NO2S/c1-22-11(21)9-5-23-10(20-9)6-2-7(12(14,15)16)4-8(3-6)13(17,18)19/h2-5H,1H3. The Labute approximate surface area is 129 Å². The van der Waals surface area contributed by atoms with Gasteiger partial charge >= 0.3 is 18.3 Å². The lowest BCUT2D eigenvalue weighted by atomic mass is 10.1. The Morgan fingerprint density at radius 2 is 1.57 bits per heavy atom. The van der Waals surface area contributed by atoms with Crippen molar-refractivity contribution < 1.29 is 35.9 Å². The average Bonchev–Trinajstić information content (AvgIpc) is 2.94. The van der Waals surface area contributed by atoms with Crippen LogP contribution in [0.3, 0.4) is 0 Å². The maximum atomic E-state index is 12.8. The minimum Gasteiger partial charge on any atom is -0.464 e. The van der Waals surface area contributed by atoms with Gasteiger partial charge in [-0.3, -0.25) is 0 Å². The second-order valence-electron chi connectivity index (χ2n) is 4.32. The number of ether oxygens (including phenoxy) is 1. The highest BCUT2D eigenvalue weighted by atomic mass is 32.1. The summed E-state index contributed by atoms with van der Waals surface area (Å²) in [6.07, 6.45) is -9.89. The van der Waals surface area contributed by atoms with E-state index in [1.54, 1.807) is 0 Å². The zero-order valence-corrected chi connectivity index (χ0v) is 12.1. The van der Waals surface area contributed by atoms with E-state index in [0.717, 1.165) is 18.4 Å². The molecule has 23 heavy (non-hydrogen) atoms. The molecule has 0 N–H and O–H groups in total. The number of carbonyl (C=O) groups is 1. The number of nitrogens with zero attached hydrogens (tertiary/aromatic N) is 1. The molecule has 0 aliphatic heterocycles. The van der Waals surface area contributed by atoms with Crippen molar-refractivity contribution >= 4 is 17.3 Å². The van der Waals surface area contributed by atoms with Crippen LogP contribution in [0.4, 0.5) is 26.3 Å². The van der Waals surface area contributed by atoms with E-state index in [2.05, 4.69) is 9.72 Å². The number of aromatic nitrogens is 1. The molecule has 1 aromatic heterocycles. The van der Waals surface area contributed by atoms with Crippen LogP contribution in [-0.4, -0.2) is 18.1 Å². The highest BCUT2D eigenvalue weighted by Gasteiger charge is 2.37. The zero-order chi connectivity index (χ0) is 17.4. The number of methoxy groups -OCH3 is 1. The van der Waals surface area contributed by atoms with Crippen molar-refractivity contribution in [3.8, 4) is 10.6 Å². The van der Waals surface area contributed by atoms with Crippen LogP contribution in [0.2, 0.25) is 0 Å². The van der Waals surface area contributed by atoms with Crippen LogP contribution >= 0.6 is 11.3 Å². The molecule has 124 valence electrons. The van der Waals surface area contributed by atoms with E-state index >= 15 is 0 Å². The normalized spacial score (nSPS) is 12.3. The van der Waals surface area contributed by atoms with Crippen molar-refractivity contribution in [2.45, 2.75) is 12.4 Å². The second-order valence-corrected chi connectivity index (χ2v) is 5.18. The molecule has 0 spiro atoms. The SMILES string of the molecule is COC(=O)c1csc(-c2cc(C(F)(F)F)cc(C(F)(F)F)c2)n1. The van der Waals surface area contributed by atoms with Gasteiger partial charge in [0.1, 0.15) is 5.01 Å². The molecule has 0 bridgehead atoms. The number of carbonyl (C=O) groups excluding carboxylic acids is 1. The number of hydrogen-bond acceptors (Lipinski definition) is 4. The van der Waals surface area contributed by atoms with E-state index < -0.39 is 29.4 Å². The lowest BCUT2D eigenvalue weighted by Gasteiger charge is -2.13. The van der Waals surface area contributed by atoms with E-state index in [-0.39, 0.29) is 22.3 Å². The first-order valence-electron chi connectivity index (χ1n) is 5.86. The minimum atomic E-state index is -4.95. The smallest absolute Gasteiger partial charge is 0.416 e. The fourth-order valence-electron chi connectivity index (χ4n) is 1.68. The number of halogens is 6. The molecule has 0 aliphatic rings. The summed E-state index contributed by atoms with van der Waals surface area (Å²) in [5, 5.41) is 1.04. The summed E-state index contributed by atoms with van der Waals surface area (Å²) in [6.45, 7) is 0. The average molecular weight is 355 g/mol. The fourth-order valence-corrected chi connectivity index (χ4v) is 2.46. The van der Waals surface area contributed by atoms with Crippen molar-refractivity contribution in [3.63, 3.8) is 0 Å². The molecule has 1 heterocycles. The van der Waals surface area contributed by atoms with Gasteiger partial charge in [0.2, 0.25) is 0 Å². The lowest BCUT2D eigenvalue weighted by molar-refractivity contribution is -0.143. The van der Waals surface area contributed by atoms with Crippen molar-refractivity contribution in [2.75, 3.05) is 7.11 Å². The first-order chi connectivity index (χ1) is 10.5. The van der Waals surface area contributed by atoms with Gasteiger partial charge in [0.25, 0.3) is 0 Å². The maximum absolute atomic E-state index is 12.8. The molecule has 3 nitrogen and oxygen atoms in total. The first-order valence-corrected chi connectivity index (χ1v) is 6.74. The van der Waals surface area contributed by atoms with Gasteiger partial charge in [-0.25, -0.2) is 9.78 Å². The second kappa shape index (κ2) is 5.84. The molecule has 0 radical (unpaired) electrons. The van der Waals surface area contributed by atoms with Gasteiger partial charge in [0.15, 0.2) is 5.69 Å². The predicted octanol–water partition coefficient (Wildman–Crippen LogP) is 4.63. The first kappa shape index (κ1) is 17.3. The lowest BCUT2D eigenvalue weighted by Crippen LogP contribution is -2.11. The molecule has 0 unspecified atom stereocenters. The molecule has 0 fully saturated rings. The summed E-state index contributed by atoms with van der Waals surface area (Å²) in [7, 11) is 1.08. The van der Waals surface area contributed by atoms with Gasteiger partial charge in [0, 0.05) is 10.9 Å². The third-order valence-corrected chi connectivity index (χ3v) is 3.62. The van der Waals surface area contributed by atoms with E-state index in [4.69, 9.17) is 0 Å². The molecule has 0 saturated carbocycles. The Bertz CT molecular complexity index is 703. The molecule has 0 saturated heterocycles. The van der Waals surface area contributed by atoms with Gasteiger partial charge in [0.05, 0.1) is 18.2 Å². The molecule has 10 heteroatoms. The monoisotopic (exact) mass is 355 g/mol. The van der Waals surface area contributed by atoms with Crippen molar-refractivity contribution in [1.82, 2.24) is 4.98 Å². The van der Waals surface area contributed by atoms with Crippen LogP contribution in [0.1, 0.15) is 21.6 Å². The minimum absolute atomic E-state index is 0.0261. The summed E-state index contributed by atoms with van der Waals surface area (Å²) in [6, 6.07) is 1.13. The van der Waals surface area contributed by atoms with Gasteiger partial charge in [-0.05, 0) is 18.2 Å². The molecular formula is C13H7F6NO2S. The fraction of sp³-hybridized carbons (Fsp3) is 0.231. The van der Waals surface area contributed by atoms with Gasteiger partial charge in [-0.1, -0.05) is 0 Å². The van der Waals surface area contributed by atoms with Crippen LogP contribution in [0.5, 0.6) is 0 Å². The third-order valence-electron chi connectivity index (χ3n) is 2.73. The van der Waals surface area contributed by atoms with E-state index in [0.29, 0.717) is 12.1 Å². The molecular weight excluding hydrogens is 348 g/mol. The molecule has 0 atom stereocenters. The molecule has 1 aromatic carbocycles. The number of thiazole rings is 1. The summed E-state index contributed by atoms with van der Waals surface area (Å²) in [4.78, 5) is 15.0. The molecule has 0 amide bonds. The summed E-state index contributed by atoms with van der Waals surface area (Å²) >= 11 is 0.738. The van der Waals surface area contributed by atoms with Crippen molar-refractivity contribution in [1.29, 1.82) is 0 Å². The Morgan fingerprint density at radius 3 is 2.00 bits per heavy atom. The number of esters is 1. The largest absolute Gasteiger partial charge is 0.464 e. The molecule has 2 aromatic rings. The Kier molecular flexibility index (Phi) is 4.38. The summed E-state index contributed by atoms with van der Waals surface area (Å²) in [5.41, 5.74) is -3.47. The molecule has 0 aliphatic carbocycles. The van der Waals surface area contributed by atoms with Crippen LogP contribution in [0.25, 0.3) is 10.6 Å². The topological polar surface area (TPSA) is 39.2 Å². The Morgan fingerprint density at radius 1 is 1.04 bits per heavy atom. The Hall–Kier alpha value is -2.10. The van der Waals surface area contributed by atoms with Gasteiger partial charge in [-0.2, -0.15) is 26.3 Å². The predicted molar refractivity (Wildman–Crippen MR) is 68.9 cm³/mol. The van der Waals surface area contributed by atoms with Gasteiger partial charge in [-0.15, -0.1) is 11.3 Å². The van der Waals surface area contributed by atoms with Crippen LogP contribution < -0.4 is 0 Å². The Balaban J connectivity index is 2.57. The maximum Gasteiger partial charge on any atom is 0.416 e. The van der Waals surface area contributed by atoms with Crippen molar-refractivity contribution in [3.05, 3.63) is 40.4 Å². The highest BCUT2D eigenvalue weighted by molar-refractivity contribution is 7.13. The number of benzene rings is 1. The quantitative estimate of drug-likeness (QED) is 0.582. The van der Waals surface area contributed by atoms with Crippen molar-refractivity contribution in [2.24, 2.45) is 0 Å². The van der Waals surface area contributed by atoms with Crippen LogP contribution in [-0.2, 0) is 17.1 Å². The zero-order valence-electron chi connectivity index (χ0n) is 11.2. The third kappa shape index (κ3) is 3.81. The van der Waals surface area contributed by atoms with E-state index in [9.17, 15) is 31.1 Å². The number of alkyl halides is 6. The van der Waals surface area contributed by atoms with E-state index in [1.807, 2.05) is 0 Å². The summed E-state index contributed by atoms with van der Waals surface area (Å²) in [5.74, 6) is -0.837. The number of rotatable bonds is 2. The van der Waals surface area contributed by atoms with Crippen LogP contribution in [0.15, 0.2) is 23.6 Å². The van der Waals surface area contributed by atoms with E-state index in [1.165, 1.54) is 5.38 Å². The van der Waals surface area contributed by atoms with Gasteiger partial charge < -0.3 is 4.74 Å². The highest BCUT2D eigenvalue weighted by Crippen LogP contribution is 2.39. The van der Waals surface area contributed by atoms with Crippen LogP contribution in [0, 0.1) is 0 Å². The number of hydrogen-bond donors (Lipinski definition) is 0. The molecule has 2 rings (SSSR count). The summed E-state index contributed by atoms with van der Waals surface area (Å²) < 4.78 is 81.1.